The number of hydrogen-bond acceptors (Lipinski definition) is 3. The fourth-order valence-corrected chi connectivity index (χ4v) is 4.12. The molecular formula is C22H24F2N2O2S. The van der Waals surface area contributed by atoms with Gasteiger partial charge in [0.05, 0.1) is 0 Å². The van der Waals surface area contributed by atoms with Gasteiger partial charge in [-0.2, -0.15) is 0 Å². The zero-order valence-corrected chi connectivity index (χ0v) is 16.9. The zero-order valence-electron chi connectivity index (χ0n) is 16.1. The molecular weight excluding hydrogens is 394 g/mol. The summed E-state index contributed by atoms with van der Waals surface area (Å²) >= 11 is 1.63. The third-order valence-corrected chi connectivity index (χ3v) is 6.05. The summed E-state index contributed by atoms with van der Waals surface area (Å²) in [6.07, 6.45) is 2.09. The molecule has 0 unspecified atom stereocenters. The molecule has 1 fully saturated rings. The van der Waals surface area contributed by atoms with Crippen molar-refractivity contribution in [1.82, 2.24) is 10.2 Å². The molecule has 4 nitrogen and oxygen atoms in total. The second kappa shape index (κ2) is 10.4. The number of halogens is 2. The van der Waals surface area contributed by atoms with Crippen molar-refractivity contribution in [2.45, 2.75) is 24.2 Å². The van der Waals surface area contributed by atoms with Crippen LogP contribution in [0.25, 0.3) is 0 Å². The lowest BCUT2D eigenvalue weighted by atomic mass is 9.95. The Hall–Kier alpha value is -2.41. The predicted molar refractivity (Wildman–Crippen MR) is 110 cm³/mol. The van der Waals surface area contributed by atoms with Crippen molar-refractivity contribution in [3.05, 3.63) is 65.7 Å². The third-order valence-electron chi connectivity index (χ3n) is 4.95. The van der Waals surface area contributed by atoms with E-state index in [0.29, 0.717) is 38.0 Å². The van der Waals surface area contributed by atoms with Crippen LogP contribution in [0.3, 0.4) is 0 Å². The van der Waals surface area contributed by atoms with E-state index in [2.05, 4.69) is 5.32 Å². The molecule has 29 heavy (non-hydrogen) atoms. The Kier molecular flexibility index (Phi) is 7.63. The maximum absolute atomic E-state index is 13.0. The fourth-order valence-electron chi connectivity index (χ4n) is 3.27. The Morgan fingerprint density at radius 1 is 0.966 bits per heavy atom. The van der Waals surface area contributed by atoms with E-state index in [1.165, 1.54) is 36.4 Å². The average molecular weight is 419 g/mol. The number of carbonyl (C=O) groups is 2. The summed E-state index contributed by atoms with van der Waals surface area (Å²) in [6, 6.07) is 11.9. The Morgan fingerprint density at radius 3 is 2.17 bits per heavy atom. The van der Waals surface area contributed by atoms with E-state index in [-0.39, 0.29) is 29.4 Å². The molecule has 2 aromatic carbocycles. The van der Waals surface area contributed by atoms with Crippen LogP contribution in [-0.4, -0.2) is 42.1 Å². The molecule has 1 N–H and O–H groups in total. The van der Waals surface area contributed by atoms with Crippen molar-refractivity contribution in [3.8, 4) is 0 Å². The maximum Gasteiger partial charge on any atom is 0.253 e. The van der Waals surface area contributed by atoms with Crippen molar-refractivity contribution in [1.29, 1.82) is 0 Å². The van der Waals surface area contributed by atoms with Crippen LogP contribution in [0.5, 0.6) is 0 Å². The summed E-state index contributed by atoms with van der Waals surface area (Å²) in [5, 5.41) is 2.97. The van der Waals surface area contributed by atoms with Crippen LogP contribution in [0.15, 0.2) is 53.4 Å². The molecule has 7 heteroatoms. The minimum atomic E-state index is -0.368. The van der Waals surface area contributed by atoms with Gasteiger partial charge in [0.2, 0.25) is 5.91 Å². The highest BCUT2D eigenvalue weighted by atomic mass is 32.2. The van der Waals surface area contributed by atoms with E-state index in [1.54, 1.807) is 28.8 Å². The van der Waals surface area contributed by atoms with Crippen LogP contribution in [0.2, 0.25) is 0 Å². The van der Waals surface area contributed by atoms with Gasteiger partial charge in [0.25, 0.3) is 5.91 Å². The molecule has 154 valence electrons. The fraction of sp³-hybridized carbons (Fsp3) is 0.364. The lowest BCUT2D eigenvalue weighted by Crippen LogP contribution is -2.43. The summed E-state index contributed by atoms with van der Waals surface area (Å²) in [4.78, 5) is 27.5. The number of nitrogens with zero attached hydrogens (tertiary/aromatic N) is 1. The van der Waals surface area contributed by atoms with Crippen molar-refractivity contribution in [2.75, 3.05) is 25.4 Å². The number of likely N-dealkylation sites (tertiary alicyclic amines) is 1. The number of carbonyl (C=O) groups excluding carboxylic acids is 2. The third kappa shape index (κ3) is 6.29. The summed E-state index contributed by atoms with van der Waals surface area (Å²) in [6.45, 7) is 1.64. The molecule has 0 atom stereocenters. The normalized spacial score (nSPS) is 14.6. The minimum Gasteiger partial charge on any atom is -0.356 e. The van der Waals surface area contributed by atoms with Gasteiger partial charge in [0, 0.05) is 36.0 Å². The van der Waals surface area contributed by atoms with Crippen LogP contribution < -0.4 is 5.32 Å². The Morgan fingerprint density at radius 2 is 1.55 bits per heavy atom. The van der Waals surface area contributed by atoms with Crippen LogP contribution in [0, 0.1) is 17.6 Å². The monoisotopic (exact) mass is 418 g/mol. The smallest absolute Gasteiger partial charge is 0.253 e. The van der Waals surface area contributed by atoms with Gasteiger partial charge in [-0.05, 0) is 73.5 Å². The van der Waals surface area contributed by atoms with Crippen LogP contribution >= 0.6 is 11.8 Å². The first-order chi connectivity index (χ1) is 14.0. The second-order valence-electron chi connectivity index (χ2n) is 7.02. The molecule has 1 heterocycles. The number of rotatable bonds is 7. The summed E-state index contributed by atoms with van der Waals surface area (Å²) in [5.74, 6) is 0.0562. The Balaban J connectivity index is 1.33. The molecule has 0 saturated carbocycles. The molecule has 2 amide bonds. The van der Waals surface area contributed by atoms with Gasteiger partial charge in [-0.15, -0.1) is 11.8 Å². The van der Waals surface area contributed by atoms with Crippen LogP contribution in [-0.2, 0) is 4.79 Å². The summed E-state index contributed by atoms with van der Waals surface area (Å²) in [7, 11) is 0. The maximum atomic E-state index is 13.0. The first-order valence-corrected chi connectivity index (χ1v) is 10.7. The summed E-state index contributed by atoms with van der Waals surface area (Å²) in [5.41, 5.74) is 0.466. The van der Waals surface area contributed by atoms with Gasteiger partial charge in [-0.3, -0.25) is 9.59 Å². The van der Waals surface area contributed by atoms with Crippen LogP contribution in [0.4, 0.5) is 8.78 Å². The van der Waals surface area contributed by atoms with Gasteiger partial charge in [-0.1, -0.05) is 0 Å². The predicted octanol–water partition coefficient (Wildman–Crippen LogP) is 4.12. The molecule has 0 aliphatic carbocycles. The molecule has 0 spiro atoms. The largest absolute Gasteiger partial charge is 0.356 e. The molecule has 0 radical (unpaired) electrons. The highest BCUT2D eigenvalue weighted by Crippen LogP contribution is 2.20. The molecule has 2 aromatic rings. The second-order valence-corrected chi connectivity index (χ2v) is 8.19. The molecule has 1 saturated heterocycles. The topological polar surface area (TPSA) is 49.4 Å². The van der Waals surface area contributed by atoms with Crippen LogP contribution in [0.1, 0.15) is 29.6 Å². The Labute approximate surface area is 173 Å². The number of nitrogens with one attached hydrogen (secondary N) is 1. The number of piperidine rings is 1. The first-order valence-electron chi connectivity index (χ1n) is 9.74. The van der Waals surface area contributed by atoms with E-state index < -0.39 is 0 Å². The van der Waals surface area contributed by atoms with E-state index >= 15 is 0 Å². The molecule has 1 aliphatic rings. The molecule has 1 aliphatic heterocycles. The average Bonchev–Trinajstić information content (AvgIpc) is 2.75. The SMILES string of the molecule is O=C(NCCCSc1ccc(F)cc1)C1CCN(C(=O)c2ccc(F)cc2)CC1. The number of thioether (sulfide) groups is 1. The Bertz CT molecular complexity index is 820. The van der Waals surface area contributed by atoms with Gasteiger partial charge in [0.15, 0.2) is 0 Å². The molecule has 3 rings (SSSR count). The van der Waals surface area contributed by atoms with E-state index in [9.17, 15) is 18.4 Å². The summed E-state index contributed by atoms with van der Waals surface area (Å²) < 4.78 is 25.9. The molecule has 0 bridgehead atoms. The van der Waals surface area contributed by atoms with Gasteiger partial charge >= 0.3 is 0 Å². The van der Waals surface area contributed by atoms with E-state index in [4.69, 9.17) is 0 Å². The number of benzene rings is 2. The van der Waals surface area contributed by atoms with Crippen molar-refractivity contribution < 1.29 is 18.4 Å². The van der Waals surface area contributed by atoms with Crippen molar-refractivity contribution in [3.63, 3.8) is 0 Å². The highest BCUT2D eigenvalue weighted by molar-refractivity contribution is 7.99. The zero-order chi connectivity index (χ0) is 20.6. The van der Waals surface area contributed by atoms with Crippen molar-refractivity contribution >= 4 is 23.6 Å². The minimum absolute atomic E-state index is 0.0330. The quantitative estimate of drug-likeness (QED) is 0.544. The van der Waals surface area contributed by atoms with Gasteiger partial charge < -0.3 is 10.2 Å². The number of amides is 2. The standard InChI is InChI=1S/C22H24F2N2O2S/c23-18-4-2-17(3-5-18)22(28)26-13-10-16(11-14-26)21(27)25-12-1-15-29-20-8-6-19(24)7-9-20/h2-9,16H,1,10-15H2,(H,25,27). The first kappa shape index (κ1) is 21.3. The lowest BCUT2D eigenvalue weighted by molar-refractivity contribution is -0.126. The number of hydrogen-bond donors (Lipinski definition) is 1. The van der Waals surface area contributed by atoms with E-state index in [0.717, 1.165) is 17.1 Å². The van der Waals surface area contributed by atoms with Gasteiger partial charge in [0.1, 0.15) is 11.6 Å². The van der Waals surface area contributed by atoms with E-state index in [1.807, 2.05) is 0 Å². The van der Waals surface area contributed by atoms with Crippen molar-refractivity contribution in [2.24, 2.45) is 5.92 Å². The highest BCUT2D eigenvalue weighted by Gasteiger charge is 2.27. The van der Waals surface area contributed by atoms with Gasteiger partial charge in [-0.25, -0.2) is 8.78 Å². The lowest BCUT2D eigenvalue weighted by Gasteiger charge is -2.31. The molecule has 0 aromatic heterocycles.